The highest BCUT2D eigenvalue weighted by atomic mass is 16.5. The molecule has 0 aromatic heterocycles. The Bertz CT molecular complexity index is 189. The normalized spacial score (nSPS) is 18.0. The highest BCUT2D eigenvalue weighted by Crippen LogP contribution is 2.14. The maximum absolute atomic E-state index is 5.76. The molecule has 0 aliphatic carbocycles. The van der Waals surface area contributed by atoms with E-state index in [4.69, 9.17) is 9.47 Å². The van der Waals surface area contributed by atoms with Gasteiger partial charge in [-0.05, 0) is 32.6 Å². The molecule has 1 saturated heterocycles. The summed E-state index contributed by atoms with van der Waals surface area (Å²) in [5.41, 5.74) is 0. The second-order valence-corrected chi connectivity index (χ2v) is 5.69. The first-order valence-corrected chi connectivity index (χ1v) is 7.03. The summed E-state index contributed by atoms with van der Waals surface area (Å²) in [5, 5.41) is 0. The molecule has 0 radical (unpaired) electrons. The van der Waals surface area contributed by atoms with Crippen molar-refractivity contribution in [3.63, 3.8) is 0 Å². The van der Waals surface area contributed by atoms with Gasteiger partial charge in [0.25, 0.3) is 0 Å². The Labute approximate surface area is 106 Å². The van der Waals surface area contributed by atoms with Crippen LogP contribution in [0.2, 0.25) is 0 Å². The van der Waals surface area contributed by atoms with Gasteiger partial charge in [-0.1, -0.05) is 13.8 Å². The summed E-state index contributed by atoms with van der Waals surface area (Å²) in [6.07, 6.45) is 2.65. The second-order valence-electron chi connectivity index (χ2n) is 5.69. The molecule has 1 aliphatic heterocycles. The van der Waals surface area contributed by atoms with Crippen molar-refractivity contribution in [2.45, 2.75) is 52.7 Å². The molecule has 0 amide bonds. The lowest BCUT2D eigenvalue weighted by atomic mass is 10.1. The topological polar surface area (TPSA) is 21.7 Å². The summed E-state index contributed by atoms with van der Waals surface area (Å²) in [4.78, 5) is 2.43. The lowest BCUT2D eigenvalue weighted by molar-refractivity contribution is -0.0705. The van der Waals surface area contributed by atoms with Crippen LogP contribution >= 0.6 is 0 Å². The molecule has 3 nitrogen and oxygen atoms in total. The third-order valence-corrected chi connectivity index (χ3v) is 3.23. The summed E-state index contributed by atoms with van der Waals surface area (Å²) in [6.45, 7) is 13.7. The number of nitrogens with zero attached hydrogens (tertiary/aromatic N) is 1. The van der Waals surface area contributed by atoms with E-state index in [1.165, 1.54) is 0 Å². The van der Waals surface area contributed by atoms with Crippen LogP contribution in [0.25, 0.3) is 0 Å². The van der Waals surface area contributed by atoms with Gasteiger partial charge in [0.1, 0.15) is 0 Å². The van der Waals surface area contributed by atoms with E-state index in [0.29, 0.717) is 12.1 Å². The van der Waals surface area contributed by atoms with Gasteiger partial charge in [-0.25, -0.2) is 0 Å². The molecule has 0 saturated carbocycles. The zero-order valence-corrected chi connectivity index (χ0v) is 11.9. The van der Waals surface area contributed by atoms with Gasteiger partial charge in [-0.15, -0.1) is 0 Å². The van der Waals surface area contributed by atoms with Crippen molar-refractivity contribution in [2.24, 2.45) is 5.92 Å². The summed E-state index contributed by atoms with van der Waals surface area (Å²) in [7, 11) is 0. The Kier molecular flexibility index (Phi) is 7.09. The molecule has 0 spiro atoms. The molecule has 0 aromatic carbocycles. The first kappa shape index (κ1) is 14.9. The van der Waals surface area contributed by atoms with E-state index in [2.05, 4.69) is 32.6 Å². The summed E-state index contributed by atoms with van der Waals surface area (Å²) in [6, 6.07) is 0.661. The molecule has 1 rings (SSSR count). The summed E-state index contributed by atoms with van der Waals surface area (Å²) >= 11 is 0. The minimum Gasteiger partial charge on any atom is -0.381 e. The molecule has 0 bridgehead atoms. The zero-order valence-electron chi connectivity index (χ0n) is 11.9. The van der Waals surface area contributed by atoms with Gasteiger partial charge < -0.3 is 9.47 Å². The van der Waals surface area contributed by atoms with E-state index in [-0.39, 0.29) is 0 Å². The molecule has 1 heterocycles. The molecule has 0 N–H and O–H groups in total. The van der Waals surface area contributed by atoms with E-state index in [1.807, 2.05) is 0 Å². The predicted molar refractivity (Wildman–Crippen MR) is 71.3 cm³/mol. The monoisotopic (exact) mass is 243 g/mol. The smallest absolute Gasteiger partial charge is 0.0828 e. The first-order valence-electron chi connectivity index (χ1n) is 7.03. The van der Waals surface area contributed by atoms with Crippen LogP contribution in [0.4, 0.5) is 0 Å². The van der Waals surface area contributed by atoms with Crippen LogP contribution in [0.1, 0.15) is 40.5 Å². The predicted octanol–water partition coefficient (Wildman–Crippen LogP) is 2.55. The van der Waals surface area contributed by atoms with Gasteiger partial charge in [-0.2, -0.15) is 0 Å². The van der Waals surface area contributed by atoms with E-state index >= 15 is 0 Å². The van der Waals surface area contributed by atoms with Crippen LogP contribution in [0.5, 0.6) is 0 Å². The van der Waals surface area contributed by atoms with E-state index in [9.17, 15) is 0 Å². The SMILES string of the molecule is CC(C)CCOCCCOC1CN(C(C)C)C1. The fraction of sp³-hybridized carbons (Fsp3) is 1.00. The average molecular weight is 243 g/mol. The van der Waals surface area contributed by atoms with E-state index in [1.54, 1.807) is 0 Å². The van der Waals surface area contributed by atoms with Gasteiger partial charge >= 0.3 is 0 Å². The van der Waals surface area contributed by atoms with Crippen LogP contribution in [0.3, 0.4) is 0 Å². The molecule has 0 aromatic rings. The maximum atomic E-state index is 5.76. The first-order chi connectivity index (χ1) is 8.09. The molecule has 102 valence electrons. The van der Waals surface area contributed by atoms with Crippen molar-refractivity contribution in [2.75, 3.05) is 32.9 Å². The fourth-order valence-electron chi connectivity index (χ4n) is 1.83. The molecule has 0 unspecified atom stereocenters. The number of hydrogen-bond acceptors (Lipinski definition) is 3. The van der Waals surface area contributed by atoms with Crippen LogP contribution in [-0.4, -0.2) is 50.0 Å². The second kappa shape index (κ2) is 8.06. The average Bonchev–Trinajstić information content (AvgIpc) is 2.17. The number of hydrogen-bond donors (Lipinski definition) is 0. The molecular formula is C14H29NO2. The van der Waals surface area contributed by atoms with Crippen LogP contribution in [-0.2, 0) is 9.47 Å². The van der Waals surface area contributed by atoms with E-state index in [0.717, 1.165) is 51.7 Å². The number of ether oxygens (including phenoxy) is 2. The quantitative estimate of drug-likeness (QED) is 0.581. The number of likely N-dealkylation sites (tertiary alicyclic amines) is 1. The van der Waals surface area contributed by atoms with Crippen molar-refractivity contribution >= 4 is 0 Å². The molecule has 17 heavy (non-hydrogen) atoms. The van der Waals surface area contributed by atoms with Crippen LogP contribution in [0, 0.1) is 5.92 Å². The van der Waals surface area contributed by atoms with Crippen molar-refractivity contribution in [1.82, 2.24) is 4.90 Å². The lowest BCUT2D eigenvalue weighted by Gasteiger charge is -2.41. The van der Waals surface area contributed by atoms with Crippen molar-refractivity contribution < 1.29 is 9.47 Å². The highest BCUT2D eigenvalue weighted by molar-refractivity contribution is 4.82. The fourth-order valence-corrected chi connectivity index (χ4v) is 1.83. The van der Waals surface area contributed by atoms with Crippen LogP contribution in [0.15, 0.2) is 0 Å². The van der Waals surface area contributed by atoms with Gasteiger partial charge in [0.05, 0.1) is 6.10 Å². The third kappa shape index (κ3) is 6.39. The minimum atomic E-state index is 0.466. The van der Waals surface area contributed by atoms with Crippen molar-refractivity contribution in [3.8, 4) is 0 Å². The van der Waals surface area contributed by atoms with Crippen molar-refractivity contribution in [3.05, 3.63) is 0 Å². The summed E-state index contributed by atoms with van der Waals surface area (Å²) < 4.78 is 11.3. The van der Waals surface area contributed by atoms with Crippen molar-refractivity contribution in [1.29, 1.82) is 0 Å². The van der Waals surface area contributed by atoms with Gasteiger partial charge in [0, 0.05) is 39.0 Å². The Hall–Kier alpha value is -0.120. The summed E-state index contributed by atoms with van der Waals surface area (Å²) in [5.74, 6) is 0.739. The Morgan fingerprint density at radius 2 is 1.76 bits per heavy atom. The Balaban J connectivity index is 1.80. The lowest BCUT2D eigenvalue weighted by Crippen LogP contribution is -2.55. The van der Waals surface area contributed by atoms with Gasteiger partial charge in [-0.3, -0.25) is 4.90 Å². The maximum Gasteiger partial charge on any atom is 0.0828 e. The highest BCUT2D eigenvalue weighted by Gasteiger charge is 2.28. The zero-order chi connectivity index (χ0) is 12.7. The molecule has 0 atom stereocenters. The van der Waals surface area contributed by atoms with Gasteiger partial charge in [0.15, 0.2) is 0 Å². The minimum absolute atomic E-state index is 0.466. The van der Waals surface area contributed by atoms with Crippen LogP contribution < -0.4 is 0 Å². The Morgan fingerprint density at radius 3 is 2.35 bits per heavy atom. The molecule has 1 aliphatic rings. The molecular weight excluding hydrogens is 214 g/mol. The Morgan fingerprint density at radius 1 is 1.06 bits per heavy atom. The number of rotatable bonds is 9. The largest absolute Gasteiger partial charge is 0.381 e. The van der Waals surface area contributed by atoms with E-state index < -0.39 is 0 Å². The third-order valence-electron chi connectivity index (χ3n) is 3.23. The standard InChI is InChI=1S/C14H29NO2/c1-12(2)6-9-16-7-5-8-17-14-10-15(11-14)13(3)4/h12-14H,5-11H2,1-4H3. The molecule has 3 heteroatoms. The molecule has 1 fully saturated rings. The van der Waals surface area contributed by atoms with Gasteiger partial charge in [0.2, 0.25) is 0 Å².